The van der Waals surface area contributed by atoms with E-state index in [1.807, 2.05) is 39.1 Å². The Morgan fingerprint density at radius 3 is 2.79 bits per heavy atom. The summed E-state index contributed by atoms with van der Waals surface area (Å²) in [7, 11) is 1.87. The van der Waals surface area contributed by atoms with Crippen molar-refractivity contribution in [1.82, 2.24) is 4.90 Å². The Morgan fingerprint density at radius 1 is 1.47 bits per heavy atom. The first-order valence-electron chi connectivity index (χ1n) is 6.78. The van der Waals surface area contributed by atoms with Gasteiger partial charge in [0.15, 0.2) is 0 Å². The van der Waals surface area contributed by atoms with E-state index in [-0.39, 0.29) is 11.8 Å². The average molecular weight is 262 g/mol. The fourth-order valence-electron chi connectivity index (χ4n) is 2.49. The van der Waals surface area contributed by atoms with E-state index in [2.05, 4.69) is 5.32 Å². The lowest BCUT2D eigenvalue weighted by molar-refractivity contribution is 0.0248. The number of anilines is 1. The normalized spacial score (nSPS) is 23.3. The van der Waals surface area contributed by atoms with Crippen LogP contribution in [0.25, 0.3) is 0 Å². The second kappa shape index (κ2) is 5.61. The van der Waals surface area contributed by atoms with Crippen LogP contribution in [0.1, 0.15) is 29.3 Å². The zero-order chi connectivity index (χ0) is 14.0. The van der Waals surface area contributed by atoms with Gasteiger partial charge in [0.25, 0.3) is 5.91 Å². The summed E-state index contributed by atoms with van der Waals surface area (Å²) in [6.07, 6.45) is 0.455. The van der Waals surface area contributed by atoms with Gasteiger partial charge in [0.2, 0.25) is 0 Å². The Balaban J connectivity index is 2.13. The van der Waals surface area contributed by atoms with Crippen LogP contribution in [0.2, 0.25) is 0 Å². The third-order valence-corrected chi connectivity index (χ3v) is 3.95. The average Bonchev–Trinajstić information content (AvgIpc) is 2.41. The minimum atomic E-state index is -0.407. The van der Waals surface area contributed by atoms with Gasteiger partial charge in [-0.25, -0.2) is 0 Å². The number of piperidine rings is 1. The minimum Gasteiger partial charge on any atom is -0.391 e. The predicted octanol–water partition coefficient (Wildman–Crippen LogP) is 1.88. The fraction of sp³-hybridized carbons (Fsp3) is 0.533. The molecule has 2 unspecified atom stereocenters. The monoisotopic (exact) mass is 262 g/mol. The number of aryl methyl sites for hydroxylation is 1. The van der Waals surface area contributed by atoms with Crippen LogP contribution >= 0.6 is 0 Å². The van der Waals surface area contributed by atoms with Gasteiger partial charge in [-0.05, 0) is 43.0 Å². The predicted molar refractivity (Wildman–Crippen MR) is 76.4 cm³/mol. The zero-order valence-electron chi connectivity index (χ0n) is 11.8. The number of hydrogen-bond donors (Lipinski definition) is 2. The molecule has 0 radical (unpaired) electrons. The third-order valence-electron chi connectivity index (χ3n) is 3.95. The summed E-state index contributed by atoms with van der Waals surface area (Å²) >= 11 is 0. The Morgan fingerprint density at radius 2 is 2.21 bits per heavy atom. The van der Waals surface area contributed by atoms with Crippen molar-refractivity contribution in [3.8, 4) is 0 Å². The van der Waals surface area contributed by atoms with E-state index in [4.69, 9.17) is 0 Å². The molecule has 1 aromatic carbocycles. The molecule has 1 amide bonds. The van der Waals surface area contributed by atoms with Crippen LogP contribution in [0.15, 0.2) is 18.2 Å². The summed E-state index contributed by atoms with van der Waals surface area (Å²) in [6, 6.07) is 5.66. The number of β-amino-alcohol motifs (C(OH)–C–C–N with tert-alkyl or cyclic N) is 1. The van der Waals surface area contributed by atoms with Crippen LogP contribution in [-0.4, -0.2) is 42.2 Å². The Kier molecular flexibility index (Phi) is 4.10. The summed E-state index contributed by atoms with van der Waals surface area (Å²) < 4.78 is 0. The van der Waals surface area contributed by atoms with Crippen molar-refractivity contribution in [1.29, 1.82) is 0 Å². The van der Waals surface area contributed by atoms with Crippen molar-refractivity contribution < 1.29 is 9.90 Å². The molecule has 2 atom stereocenters. The van der Waals surface area contributed by atoms with Gasteiger partial charge >= 0.3 is 0 Å². The Labute approximate surface area is 114 Å². The highest BCUT2D eigenvalue weighted by molar-refractivity contribution is 5.95. The molecule has 19 heavy (non-hydrogen) atoms. The second-order valence-corrected chi connectivity index (χ2v) is 5.36. The Bertz CT molecular complexity index is 473. The molecule has 4 nitrogen and oxygen atoms in total. The molecule has 4 heteroatoms. The maximum atomic E-state index is 12.4. The number of nitrogens with one attached hydrogen (secondary N) is 1. The number of carbonyl (C=O) groups excluding carboxylic acids is 1. The molecule has 1 heterocycles. The minimum absolute atomic E-state index is 0.0108. The maximum absolute atomic E-state index is 12.4. The third kappa shape index (κ3) is 2.89. The van der Waals surface area contributed by atoms with Crippen LogP contribution in [-0.2, 0) is 0 Å². The summed E-state index contributed by atoms with van der Waals surface area (Å²) in [5.74, 6) is 0.286. The van der Waals surface area contributed by atoms with Crippen molar-refractivity contribution in [2.24, 2.45) is 5.92 Å². The van der Waals surface area contributed by atoms with E-state index in [9.17, 15) is 9.90 Å². The van der Waals surface area contributed by atoms with Gasteiger partial charge in [0, 0.05) is 31.4 Å². The number of amides is 1. The number of nitrogens with zero attached hydrogens (tertiary/aromatic N) is 1. The Hall–Kier alpha value is -1.55. The quantitative estimate of drug-likeness (QED) is 0.855. The van der Waals surface area contributed by atoms with E-state index in [0.717, 1.165) is 24.2 Å². The summed E-state index contributed by atoms with van der Waals surface area (Å²) in [5.41, 5.74) is 2.78. The number of benzene rings is 1. The molecule has 0 spiro atoms. The van der Waals surface area contributed by atoms with E-state index in [1.54, 1.807) is 4.90 Å². The van der Waals surface area contributed by atoms with Crippen LogP contribution in [0.3, 0.4) is 0 Å². The van der Waals surface area contributed by atoms with E-state index in [0.29, 0.717) is 12.1 Å². The van der Waals surface area contributed by atoms with E-state index < -0.39 is 6.10 Å². The molecular weight excluding hydrogens is 240 g/mol. The molecule has 1 aliphatic rings. The van der Waals surface area contributed by atoms with Crippen LogP contribution < -0.4 is 5.32 Å². The molecule has 1 aromatic rings. The summed E-state index contributed by atoms with van der Waals surface area (Å²) in [4.78, 5) is 14.1. The number of carbonyl (C=O) groups is 1. The zero-order valence-corrected chi connectivity index (χ0v) is 11.8. The largest absolute Gasteiger partial charge is 0.391 e. The number of rotatable bonds is 2. The molecule has 0 bridgehead atoms. The molecule has 1 aliphatic heterocycles. The summed E-state index contributed by atoms with van der Waals surface area (Å²) in [5, 5.41) is 13.0. The van der Waals surface area contributed by atoms with E-state index >= 15 is 0 Å². The molecule has 1 saturated heterocycles. The molecule has 104 valence electrons. The van der Waals surface area contributed by atoms with Gasteiger partial charge in [0.1, 0.15) is 0 Å². The molecular formula is C15H22N2O2. The van der Waals surface area contributed by atoms with Crippen LogP contribution in [0, 0.1) is 12.8 Å². The molecule has 0 aromatic heterocycles. The van der Waals surface area contributed by atoms with Crippen molar-refractivity contribution in [2.45, 2.75) is 26.4 Å². The lowest BCUT2D eigenvalue weighted by atomic mass is 9.95. The standard InChI is InChI=1S/C15H22N2O2/c1-10-6-7-17(9-14(10)18)15(19)12-4-5-13(16-3)11(2)8-12/h4-5,8,10,14,16,18H,6-7,9H2,1-3H3. The molecule has 0 aliphatic carbocycles. The highest BCUT2D eigenvalue weighted by Gasteiger charge is 2.27. The number of aliphatic hydroxyl groups excluding tert-OH is 1. The van der Waals surface area contributed by atoms with Crippen LogP contribution in [0.4, 0.5) is 5.69 Å². The molecule has 2 rings (SSSR count). The number of hydrogen-bond acceptors (Lipinski definition) is 3. The smallest absolute Gasteiger partial charge is 0.253 e. The summed E-state index contributed by atoms with van der Waals surface area (Å²) in [6.45, 7) is 5.17. The van der Waals surface area contributed by atoms with Crippen molar-refractivity contribution in [3.63, 3.8) is 0 Å². The molecule has 0 saturated carbocycles. The van der Waals surface area contributed by atoms with Gasteiger partial charge in [-0.3, -0.25) is 4.79 Å². The lowest BCUT2D eigenvalue weighted by Gasteiger charge is -2.34. The highest BCUT2D eigenvalue weighted by atomic mass is 16.3. The first-order valence-corrected chi connectivity index (χ1v) is 6.78. The van der Waals surface area contributed by atoms with Gasteiger partial charge in [-0.1, -0.05) is 6.92 Å². The maximum Gasteiger partial charge on any atom is 0.253 e. The van der Waals surface area contributed by atoms with Gasteiger partial charge in [-0.2, -0.15) is 0 Å². The van der Waals surface area contributed by atoms with Crippen LogP contribution in [0.5, 0.6) is 0 Å². The van der Waals surface area contributed by atoms with Crippen molar-refractivity contribution >= 4 is 11.6 Å². The first kappa shape index (κ1) is 13.9. The lowest BCUT2D eigenvalue weighted by Crippen LogP contribution is -2.45. The first-order chi connectivity index (χ1) is 9.02. The number of likely N-dealkylation sites (tertiary alicyclic amines) is 1. The molecule has 1 fully saturated rings. The van der Waals surface area contributed by atoms with Gasteiger partial charge < -0.3 is 15.3 Å². The number of aliphatic hydroxyl groups is 1. The topological polar surface area (TPSA) is 52.6 Å². The van der Waals surface area contributed by atoms with Gasteiger partial charge in [-0.15, -0.1) is 0 Å². The van der Waals surface area contributed by atoms with E-state index in [1.165, 1.54) is 0 Å². The van der Waals surface area contributed by atoms with Gasteiger partial charge in [0.05, 0.1) is 6.10 Å². The second-order valence-electron chi connectivity index (χ2n) is 5.36. The SMILES string of the molecule is CNc1ccc(C(=O)N2CCC(C)C(O)C2)cc1C. The fourth-order valence-corrected chi connectivity index (χ4v) is 2.49. The van der Waals surface area contributed by atoms with Crippen molar-refractivity contribution in [2.75, 3.05) is 25.5 Å². The highest BCUT2D eigenvalue weighted by Crippen LogP contribution is 2.21. The van der Waals surface area contributed by atoms with Crippen molar-refractivity contribution in [3.05, 3.63) is 29.3 Å². The molecule has 2 N–H and O–H groups in total.